The van der Waals surface area contributed by atoms with Gasteiger partial charge in [-0.3, -0.25) is 4.79 Å². The fourth-order valence-corrected chi connectivity index (χ4v) is 1.99. The number of carbonyl (C=O) groups excluding carboxylic acids is 1. The van der Waals surface area contributed by atoms with Gasteiger partial charge >= 0.3 is 0 Å². The summed E-state index contributed by atoms with van der Waals surface area (Å²) in [5.41, 5.74) is 0. The SMILES string of the molecule is C=C[C@H]1CC=C[C@@H](C)[C@@H]1C(=O)CO. The van der Waals surface area contributed by atoms with Crippen molar-refractivity contribution in [2.45, 2.75) is 13.3 Å². The number of hydrogen-bond donors (Lipinski definition) is 1. The van der Waals surface area contributed by atoms with E-state index in [2.05, 4.69) is 12.7 Å². The Morgan fingerprint density at radius 1 is 1.77 bits per heavy atom. The third kappa shape index (κ3) is 2.07. The topological polar surface area (TPSA) is 37.3 Å². The third-order valence-corrected chi connectivity index (χ3v) is 2.71. The summed E-state index contributed by atoms with van der Waals surface area (Å²) in [5, 5.41) is 8.81. The average molecular weight is 180 g/mol. The number of allylic oxidation sites excluding steroid dienone is 3. The van der Waals surface area contributed by atoms with Crippen molar-refractivity contribution in [2.75, 3.05) is 6.61 Å². The summed E-state index contributed by atoms with van der Waals surface area (Å²) >= 11 is 0. The second-order valence-electron chi connectivity index (χ2n) is 3.57. The number of carbonyl (C=O) groups is 1. The molecule has 0 heterocycles. The lowest BCUT2D eigenvalue weighted by molar-refractivity contribution is -0.128. The molecule has 0 aliphatic heterocycles. The second-order valence-corrected chi connectivity index (χ2v) is 3.57. The largest absolute Gasteiger partial charge is 0.389 e. The number of Topliss-reactive ketones (excluding diaryl/α,β-unsaturated/α-hetero) is 1. The fourth-order valence-electron chi connectivity index (χ4n) is 1.99. The summed E-state index contributed by atoms with van der Waals surface area (Å²) in [4.78, 5) is 11.4. The highest BCUT2D eigenvalue weighted by Gasteiger charge is 2.30. The van der Waals surface area contributed by atoms with Crippen LogP contribution in [0.25, 0.3) is 0 Å². The zero-order valence-electron chi connectivity index (χ0n) is 7.94. The summed E-state index contributed by atoms with van der Waals surface area (Å²) < 4.78 is 0. The van der Waals surface area contributed by atoms with Gasteiger partial charge in [-0.1, -0.05) is 25.2 Å². The molecule has 0 fully saturated rings. The van der Waals surface area contributed by atoms with Crippen LogP contribution in [0.1, 0.15) is 13.3 Å². The molecule has 0 aromatic heterocycles. The van der Waals surface area contributed by atoms with Crippen molar-refractivity contribution < 1.29 is 9.90 Å². The monoisotopic (exact) mass is 180 g/mol. The van der Waals surface area contributed by atoms with E-state index in [9.17, 15) is 4.79 Å². The summed E-state index contributed by atoms with van der Waals surface area (Å²) in [6.07, 6.45) is 6.80. The van der Waals surface area contributed by atoms with Crippen molar-refractivity contribution >= 4 is 5.78 Å². The molecule has 0 radical (unpaired) electrons. The number of rotatable bonds is 3. The highest BCUT2D eigenvalue weighted by molar-refractivity contribution is 5.83. The molecule has 0 aromatic rings. The average Bonchev–Trinajstić information content (AvgIpc) is 2.16. The lowest BCUT2D eigenvalue weighted by Crippen LogP contribution is -2.31. The van der Waals surface area contributed by atoms with Gasteiger partial charge in [0.25, 0.3) is 0 Å². The van der Waals surface area contributed by atoms with Crippen LogP contribution in [0, 0.1) is 17.8 Å². The first kappa shape index (κ1) is 10.2. The van der Waals surface area contributed by atoms with Gasteiger partial charge in [0, 0.05) is 5.92 Å². The van der Waals surface area contributed by atoms with Gasteiger partial charge in [-0.05, 0) is 18.3 Å². The van der Waals surface area contributed by atoms with Gasteiger partial charge in [0.2, 0.25) is 0 Å². The number of hydrogen-bond acceptors (Lipinski definition) is 2. The number of ketones is 1. The molecule has 0 spiro atoms. The molecule has 3 atom stereocenters. The van der Waals surface area contributed by atoms with Gasteiger partial charge in [0.15, 0.2) is 5.78 Å². The van der Waals surface area contributed by atoms with E-state index in [1.807, 2.05) is 19.1 Å². The Kier molecular flexibility index (Phi) is 3.43. The van der Waals surface area contributed by atoms with Crippen molar-refractivity contribution in [1.29, 1.82) is 0 Å². The molecule has 0 aromatic carbocycles. The molecule has 1 aliphatic rings. The molecular weight excluding hydrogens is 164 g/mol. The molecule has 72 valence electrons. The van der Waals surface area contributed by atoms with E-state index in [1.165, 1.54) is 0 Å². The van der Waals surface area contributed by atoms with Crippen LogP contribution >= 0.6 is 0 Å². The Bertz CT molecular complexity index is 230. The molecule has 1 aliphatic carbocycles. The third-order valence-electron chi connectivity index (χ3n) is 2.71. The quantitative estimate of drug-likeness (QED) is 0.669. The first-order valence-corrected chi connectivity index (χ1v) is 4.63. The standard InChI is InChI=1S/C11H16O2/c1-3-9-6-4-5-8(2)11(9)10(13)7-12/h3-5,8-9,11-12H,1,6-7H2,2H3/t8-,9+,11+/m1/s1. The highest BCUT2D eigenvalue weighted by Crippen LogP contribution is 2.31. The van der Waals surface area contributed by atoms with Crippen molar-refractivity contribution in [1.82, 2.24) is 0 Å². The summed E-state index contributed by atoms with van der Waals surface area (Å²) in [6.45, 7) is 5.37. The second kappa shape index (κ2) is 4.38. The van der Waals surface area contributed by atoms with E-state index >= 15 is 0 Å². The lowest BCUT2D eigenvalue weighted by Gasteiger charge is -2.29. The summed E-state index contributed by atoms with van der Waals surface area (Å²) in [7, 11) is 0. The Balaban J connectivity index is 2.81. The van der Waals surface area contributed by atoms with Crippen LogP contribution in [0.4, 0.5) is 0 Å². The van der Waals surface area contributed by atoms with Gasteiger partial charge in [0.1, 0.15) is 6.61 Å². The Labute approximate surface area is 79.0 Å². The Hall–Kier alpha value is -0.890. The normalized spacial score (nSPS) is 32.9. The van der Waals surface area contributed by atoms with Crippen molar-refractivity contribution in [3.8, 4) is 0 Å². The maximum absolute atomic E-state index is 11.4. The molecule has 0 amide bonds. The molecule has 0 saturated heterocycles. The zero-order chi connectivity index (χ0) is 9.84. The summed E-state index contributed by atoms with van der Waals surface area (Å²) in [5.74, 6) is 0.269. The number of aliphatic hydroxyl groups is 1. The minimum atomic E-state index is -0.354. The molecule has 2 nitrogen and oxygen atoms in total. The van der Waals surface area contributed by atoms with E-state index in [0.717, 1.165) is 6.42 Å². The van der Waals surface area contributed by atoms with Gasteiger partial charge < -0.3 is 5.11 Å². The van der Waals surface area contributed by atoms with E-state index in [0.29, 0.717) is 0 Å². The lowest BCUT2D eigenvalue weighted by atomic mass is 9.74. The van der Waals surface area contributed by atoms with Crippen LogP contribution in [0.15, 0.2) is 24.8 Å². The summed E-state index contributed by atoms with van der Waals surface area (Å²) in [6, 6.07) is 0. The van der Waals surface area contributed by atoms with E-state index < -0.39 is 0 Å². The molecule has 2 heteroatoms. The Morgan fingerprint density at radius 3 is 3.00 bits per heavy atom. The first-order valence-electron chi connectivity index (χ1n) is 4.63. The zero-order valence-corrected chi connectivity index (χ0v) is 7.94. The number of aliphatic hydroxyl groups excluding tert-OH is 1. The van der Waals surface area contributed by atoms with E-state index in [1.54, 1.807) is 0 Å². The van der Waals surface area contributed by atoms with Gasteiger partial charge in [-0.15, -0.1) is 6.58 Å². The molecular formula is C11H16O2. The highest BCUT2D eigenvalue weighted by atomic mass is 16.3. The minimum absolute atomic E-state index is 0.0678. The fraction of sp³-hybridized carbons (Fsp3) is 0.545. The molecule has 0 bridgehead atoms. The molecule has 0 unspecified atom stereocenters. The van der Waals surface area contributed by atoms with Crippen LogP contribution in [0.3, 0.4) is 0 Å². The van der Waals surface area contributed by atoms with Gasteiger partial charge in [-0.25, -0.2) is 0 Å². The van der Waals surface area contributed by atoms with E-state index in [4.69, 9.17) is 5.11 Å². The molecule has 1 N–H and O–H groups in total. The van der Waals surface area contributed by atoms with Crippen LogP contribution in [0.2, 0.25) is 0 Å². The maximum Gasteiger partial charge on any atom is 0.162 e. The molecule has 1 rings (SSSR count). The molecule has 13 heavy (non-hydrogen) atoms. The Morgan fingerprint density at radius 2 is 2.46 bits per heavy atom. The molecule has 0 saturated carbocycles. The van der Waals surface area contributed by atoms with Crippen molar-refractivity contribution in [3.05, 3.63) is 24.8 Å². The van der Waals surface area contributed by atoms with Gasteiger partial charge in [0.05, 0.1) is 0 Å². The van der Waals surface area contributed by atoms with Crippen LogP contribution in [0.5, 0.6) is 0 Å². The van der Waals surface area contributed by atoms with Crippen LogP contribution < -0.4 is 0 Å². The van der Waals surface area contributed by atoms with Crippen molar-refractivity contribution in [3.63, 3.8) is 0 Å². The predicted molar refractivity (Wildman–Crippen MR) is 52.2 cm³/mol. The smallest absolute Gasteiger partial charge is 0.162 e. The van der Waals surface area contributed by atoms with Crippen LogP contribution in [-0.4, -0.2) is 17.5 Å². The maximum atomic E-state index is 11.4. The first-order chi connectivity index (χ1) is 6.20. The predicted octanol–water partition coefficient (Wildman–Crippen LogP) is 1.56. The van der Waals surface area contributed by atoms with Crippen molar-refractivity contribution in [2.24, 2.45) is 17.8 Å². The van der Waals surface area contributed by atoms with Crippen LogP contribution in [-0.2, 0) is 4.79 Å². The minimum Gasteiger partial charge on any atom is -0.389 e. The van der Waals surface area contributed by atoms with Gasteiger partial charge in [-0.2, -0.15) is 0 Å². The van der Waals surface area contributed by atoms with E-state index in [-0.39, 0.29) is 30.1 Å².